The van der Waals surface area contributed by atoms with Gasteiger partial charge in [0.25, 0.3) is 5.91 Å². The maximum Gasteiger partial charge on any atom is 0.259 e. The lowest BCUT2D eigenvalue weighted by molar-refractivity contribution is 0.102. The summed E-state index contributed by atoms with van der Waals surface area (Å²) in [6, 6.07) is 12.0. The molecular weight excluding hydrogens is 442 g/mol. The topological polar surface area (TPSA) is 60.5 Å². The summed E-state index contributed by atoms with van der Waals surface area (Å²) in [5.41, 5.74) is 2.07. The third-order valence-electron chi connectivity index (χ3n) is 7.18. The fraction of sp³-hybridized carbons (Fsp3) is 0.556. The van der Waals surface area contributed by atoms with E-state index in [9.17, 15) is 4.79 Å². The van der Waals surface area contributed by atoms with Gasteiger partial charge in [-0.15, -0.1) is 0 Å². The third kappa shape index (κ3) is 5.52. The molecule has 5 rings (SSSR count). The molecule has 3 fully saturated rings. The zero-order valence-corrected chi connectivity index (χ0v) is 21.5. The molecule has 0 atom stereocenters. The largest absolute Gasteiger partial charge is 0.357 e. The molecule has 7 heteroatoms. The molecule has 1 aliphatic carbocycles. The molecular formula is C27H37N5OS. The number of hydrogen-bond acceptors (Lipinski definition) is 6. The van der Waals surface area contributed by atoms with Crippen LogP contribution < -0.4 is 19.8 Å². The van der Waals surface area contributed by atoms with E-state index in [1.165, 1.54) is 38.5 Å². The predicted molar refractivity (Wildman–Crippen MR) is 142 cm³/mol. The summed E-state index contributed by atoms with van der Waals surface area (Å²) in [5, 5.41) is 3.13. The van der Waals surface area contributed by atoms with E-state index in [0.29, 0.717) is 11.0 Å². The van der Waals surface area contributed by atoms with E-state index >= 15 is 0 Å². The first-order valence-corrected chi connectivity index (χ1v) is 13.5. The molecule has 1 aromatic carbocycles. The Morgan fingerprint density at radius 2 is 1.71 bits per heavy atom. The lowest BCUT2D eigenvalue weighted by Gasteiger charge is -2.34. The molecule has 182 valence electrons. The number of anilines is 3. The van der Waals surface area contributed by atoms with Crippen molar-refractivity contribution in [1.82, 2.24) is 9.71 Å². The second kappa shape index (κ2) is 9.42. The normalized spacial score (nSPS) is 19.5. The van der Waals surface area contributed by atoms with E-state index in [0.717, 1.165) is 48.4 Å². The lowest BCUT2D eigenvalue weighted by Crippen LogP contribution is -2.36. The van der Waals surface area contributed by atoms with E-state index in [4.69, 9.17) is 4.98 Å². The van der Waals surface area contributed by atoms with Crippen LogP contribution in [0, 0.1) is 5.41 Å². The summed E-state index contributed by atoms with van der Waals surface area (Å²) >= 11 is 1.58. The number of piperidine rings is 1. The maximum atomic E-state index is 13.5. The monoisotopic (exact) mass is 479 g/mol. The Morgan fingerprint density at radius 3 is 2.38 bits per heavy atom. The molecule has 0 unspecified atom stereocenters. The zero-order chi connectivity index (χ0) is 23.8. The molecule has 2 aliphatic heterocycles. The molecule has 2 N–H and O–H groups in total. The molecule has 1 amide bonds. The van der Waals surface area contributed by atoms with Gasteiger partial charge in [-0.05, 0) is 107 Å². The first kappa shape index (κ1) is 23.5. The number of pyridine rings is 1. The van der Waals surface area contributed by atoms with Crippen LogP contribution in [0.4, 0.5) is 17.3 Å². The van der Waals surface area contributed by atoms with Gasteiger partial charge in [0.1, 0.15) is 11.6 Å². The van der Waals surface area contributed by atoms with Gasteiger partial charge in [0.2, 0.25) is 0 Å². The Morgan fingerprint density at radius 1 is 0.971 bits per heavy atom. The maximum absolute atomic E-state index is 13.5. The highest BCUT2D eigenvalue weighted by molar-refractivity contribution is 7.97. The van der Waals surface area contributed by atoms with Gasteiger partial charge in [0, 0.05) is 42.3 Å². The van der Waals surface area contributed by atoms with Crippen molar-refractivity contribution in [3.63, 3.8) is 0 Å². The minimum absolute atomic E-state index is 0.00899. The molecule has 0 radical (unpaired) electrons. The van der Waals surface area contributed by atoms with Crippen molar-refractivity contribution < 1.29 is 4.79 Å². The predicted octanol–water partition coefficient (Wildman–Crippen LogP) is 5.71. The quantitative estimate of drug-likeness (QED) is 0.518. The van der Waals surface area contributed by atoms with Gasteiger partial charge in [0.05, 0.1) is 5.56 Å². The Hall–Kier alpha value is -2.25. The summed E-state index contributed by atoms with van der Waals surface area (Å²) in [7, 11) is 0. The highest BCUT2D eigenvalue weighted by Crippen LogP contribution is 2.54. The van der Waals surface area contributed by atoms with Gasteiger partial charge in [-0.2, -0.15) is 0 Å². The van der Waals surface area contributed by atoms with Crippen molar-refractivity contribution >= 4 is 35.2 Å². The SMILES string of the molecule is CC(C)(C)NSc1cccc(NC(=O)c2ccc(N3CCCC3)nc2N2CCC3(CC2)CC3)c1. The summed E-state index contributed by atoms with van der Waals surface area (Å²) in [6.45, 7) is 10.5. The Labute approximate surface area is 208 Å². The zero-order valence-electron chi connectivity index (χ0n) is 20.7. The molecule has 1 spiro atoms. The highest BCUT2D eigenvalue weighted by atomic mass is 32.2. The van der Waals surface area contributed by atoms with E-state index in [-0.39, 0.29) is 11.4 Å². The van der Waals surface area contributed by atoms with Crippen molar-refractivity contribution in [1.29, 1.82) is 0 Å². The second-order valence-electron chi connectivity index (χ2n) is 11.2. The van der Waals surface area contributed by atoms with Crippen LogP contribution in [0.3, 0.4) is 0 Å². The molecule has 2 aromatic rings. The van der Waals surface area contributed by atoms with Gasteiger partial charge in [-0.1, -0.05) is 6.07 Å². The number of amides is 1. The fourth-order valence-corrected chi connectivity index (χ4v) is 5.65. The minimum atomic E-state index is -0.0897. The fourth-order valence-electron chi connectivity index (χ4n) is 4.90. The van der Waals surface area contributed by atoms with Gasteiger partial charge in [-0.3, -0.25) is 9.52 Å². The average Bonchev–Trinajstić information content (AvgIpc) is 3.34. The van der Waals surface area contributed by atoms with Crippen molar-refractivity contribution in [2.24, 2.45) is 5.41 Å². The van der Waals surface area contributed by atoms with Crippen molar-refractivity contribution in [2.45, 2.75) is 69.7 Å². The van der Waals surface area contributed by atoms with Gasteiger partial charge in [0.15, 0.2) is 0 Å². The number of rotatable bonds is 6. The van der Waals surface area contributed by atoms with Crippen LogP contribution in [0.5, 0.6) is 0 Å². The van der Waals surface area contributed by atoms with Gasteiger partial charge < -0.3 is 15.1 Å². The van der Waals surface area contributed by atoms with Gasteiger partial charge >= 0.3 is 0 Å². The standard InChI is InChI=1S/C27H37N5OS/c1-26(2,3)30-34-21-8-6-7-20(19-21)28-25(33)22-9-10-23(31-15-4-5-16-31)29-24(22)32-17-13-27(11-12-27)14-18-32/h6-10,19,30H,4-5,11-18H2,1-3H3,(H,28,33). The van der Waals surface area contributed by atoms with Gasteiger partial charge in [-0.25, -0.2) is 4.98 Å². The van der Waals surface area contributed by atoms with E-state index in [2.05, 4.69) is 46.7 Å². The highest BCUT2D eigenvalue weighted by Gasteiger charge is 2.45. The Bertz CT molecular complexity index is 1030. The van der Waals surface area contributed by atoms with Crippen LogP contribution in [0.1, 0.15) is 69.7 Å². The molecule has 1 aromatic heterocycles. The first-order chi connectivity index (χ1) is 16.3. The summed E-state index contributed by atoms with van der Waals surface area (Å²) < 4.78 is 3.43. The lowest BCUT2D eigenvalue weighted by atomic mass is 9.93. The Kier molecular flexibility index (Phi) is 6.51. The molecule has 1 saturated carbocycles. The number of nitrogens with one attached hydrogen (secondary N) is 2. The molecule has 0 bridgehead atoms. The number of carbonyl (C=O) groups excluding carboxylic acids is 1. The van der Waals surface area contributed by atoms with Crippen LogP contribution >= 0.6 is 11.9 Å². The van der Waals surface area contributed by atoms with Crippen LogP contribution in [0.15, 0.2) is 41.3 Å². The van der Waals surface area contributed by atoms with Crippen molar-refractivity contribution in [3.8, 4) is 0 Å². The molecule has 34 heavy (non-hydrogen) atoms. The van der Waals surface area contributed by atoms with Crippen LogP contribution in [-0.4, -0.2) is 42.6 Å². The Balaban J connectivity index is 1.36. The number of nitrogens with zero attached hydrogens (tertiary/aromatic N) is 3. The summed E-state index contributed by atoms with van der Waals surface area (Å²) in [4.78, 5) is 24.3. The van der Waals surface area contributed by atoms with Crippen LogP contribution in [-0.2, 0) is 0 Å². The number of benzene rings is 1. The number of hydrogen-bond donors (Lipinski definition) is 2. The van der Waals surface area contributed by atoms with Crippen LogP contribution in [0.2, 0.25) is 0 Å². The number of aromatic nitrogens is 1. The van der Waals surface area contributed by atoms with Crippen LogP contribution in [0.25, 0.3) is 0 Å². The molecule has 3 aliphatic rings. The first-order valence-electron chi connectivity index (χ1n) is 12.7. The summed E-state index contributed by atoms with van der Waals surface area (Å²) in [6.07, 6.45) is 7.59. The summed E-state index contributed by atoms with van der Waals surface area (Å²) in [5.74, 6) is 1.76. The third-order valence-corrected chi connectivity index (χ3v) is 8.39. The van der Waals surface area contributed by atoms with E-state index in [1.807, 2.05) is 30.3 Å². The second-order valence-corrected chi connectivity index (χ2v) is 12.0. The smallest absolute Gasteiger partial charge is 0.259 e. The van der Waals surface area contributed by atoms with Crippen molar-refractivity contribution in [2.75, 3.05) is 41.3 Å². The molecule has 2 saturated heterocycles. The molecule has 6 nitrogen and oxygen atoms in total. The van der Waals surface area contributed by atoms with Crippen molar-refractivity contribution in [3.05, 3.63) is 42.0 Å². The average molecular weight is 480 g/mol. The minimum Gasteiger partial charge on any atom is -0.357 e. The number of carbonyl (C=O) groups is 1. The van der Waals surface area contributed by atoms with E-state index in [1.54, 1.807) is 11.9 Å². The van der Waals surface area contributed by atoms with E-state index < -0.39 is 0 Å². The molecule has 3 heterocycles.